The Bertz CT molecular complexity index is 282. The lowest BCUT2D eigenvalue weighted by atomic mass is 10.1. The molecule has 0 heterocycles. The van der Waals surface area contributed by atoms with Crippen LogP contribution < -0.4 is 10.6 Å². The number of hydrogen-bond acceptors (Lipinski definition) is 3. The lowest BCUT2D eigenvalue weighted by molar-refractivity contribution is -0.131. The Labute approximate surface area is 104 Å². The first-order valence-electron chi connectivity index (χ1n) is 5.84. The fourth-order valence-corrected chi connectivity index (χ4v) is 1.39. The lowest BCUT2D eigenvalue weighted by Crippen LogP contribution is -2.54. The minimum Gasteiger partial charge on any atom is -0.350 e. The predicted octanol–water partition coefficient (Wildman–Crippen LogP) is 0.356. The van der Waals surface area contributed by atoms with Gasteiger partial charge < -0.3 is 10.2 Å². The van der Waals surface area contributed by atoms with Crippen molar-refractivity contribution in [1.82, 2.24) is 15.5 Å². The van der Waals surface area contributed by atoms with Gasteiger partial charge in [0.25, 0.3) is 0 Å². The highest BCUT2D eigenvalue weighted by Crippen LogP contribution is 2.00. The number of carbonyl (C=O) groups excluding carboxylic acids is 2. The van der Waals surface area contributed by atoms with Crippen LogP contribution in [0.2, 0.25) is 0 Å². The van der Waals surface area contributed by atoms with Gasteiger partial charge in [-0.25, -0.2) is 0 Å². The molecular weight excluding hydrogens is 218 g/mol. The molecule has 0 radical (unpaired) electrons. The van der Waals surface area contributed by atoms with Gasteiger partial charge in [-0.2, -0.15) is 0 Å². The second-order valence-electron chi connectivity index (χ2n) is 5.58. The predicted molar refractivity (Wildman–Crippen MR) is 68.6 cm³/mol. The van der Waals surface area contributed by atoms with E-state index < -0.39 is 6.04 Å². The van der Waals surface area contributed by atoms with E-state index in [0.717, 1.165) is 0 Å². The Morgan fingerprint density at radius 3 is 1.88 bits per heavy atom. The maximum absolute atomic E-state index is 11.8. The summed E-state index contributed by atoms with van der Waals surface area (Å²) in [6.07, 6.45) is 0. The van der Waals surface area contributed by atoms with Crippen molar-refractivity contribution in [2.24, 2.45) is 0 Å². The molecule has 2 atom stereocenters. The van der Waals surface area contributed by atoms with E-state index in [-0.39, 0.29) is 23.4 Å². The molecule has 2 amide bonds. The van der Waals surface area contributed by atoms with Gasteiger partial charge in [0.15, 0.2) is 0 Å². The highest BCUT2D eigenvalue weighted by molar-refractivity contribution is 5.85. The van der Waals surface area contributed by atoms with Crippen LogP contribution in [-0.2, 0) is 9.59 Å². The van der Waals surface area contributed by atoms with E-state index in [1.54, 1.807) is 27.9 Å². The zero-order valence-corrected chi connectivity index (χ0v) is 11.9. The number of nitrogens with one attached hydrogen (secondary N) is 2. The van der Waals surface area contributed by atoms with Crippen LogP contribution in [0.25, 0.3) is 0 Å². The molecule has 2 N–H and O–H groups in total. The van der Waals surface area contributed by atoms with Crippen LogP contribution in [0.1, 0.15) is 34.6 Å². The summed E-state index contributed by atoms with van der Waals surface area (Å²) in [5.74, 6) is -0.142. The van der Waals surface area contributed by atoms with E-state index in [9.17, 15) is 9.59 Å². The van der Waals surface area contributed by atoms with Gasteiger partial charge in [0.1, 0.15) is 0 Å². The molecule has 5 heteroatoms. The number of rotatable bonds is 4. The van der Waals surface area contributed by atoms with Crippen LogP contribution >= 0.6 is 0 Å². The topological polar surface area (TPSA) is 61.4 Å². The normalized spacial score (nSPS) is 15.0. The first-order valence-corrected chi connectivity index (χ1v) is 5.84. The Balaban J connectivity index is 4.30. The summed E-state index contributed by atoms with van der Waals surface area (Å²) in [5.41, 5.74) is -0.262. The Kier molecular flexibility index (Phi) is 5.61. The Morgan fingerprint density at radius 1 is 1.06 bits per heavy atom. The molecule has 5 nitrogen and oxygen atoms in total. The van der Waals surface area contributed by atoms with Gasteiger partial charge in [-0.05, 0) is 34.6 Å². The van der Waals surface area contributed by atoms with Crippen LogP contribution in [0, 0.1) is 0 Å². The van der Waals surface area contributed by atoms with E-state index in [4.69, 9.17) is 0 Å². The maximum Gasteiger partial charge on any atom is 0.238 e. The molecule has 0 bridgehead atoms. The molecule has 0 fully saturated rings. The fourth-order valence-electron chi connectivity index (χ4n) is 1.39. The molecule has 0 rings (SSSR count). The number of carbonyl (C=O) groups is 2. The molecule has 0 saturated carbocycles. The summed E-state index contributed by atoms with van der Waals surface area (Å²) in [7, 11) is 3.39. The van der Waals surface area contributed by atoms with Gasteiger partial charge in [0.2, 0.25) is 11.8 Å². The number of nitrogens with zero attached hydrogens (tertiary/aromatic N) is 1. The Hall–Kier alpha value is -1.10. The molecule has 0 aromatic rings. The average molecular weight is 243 g/mol. The highest BCUT2D eigenvalue weighted by Gasteiger charge is 2.23. The van der Waals surface area contributed by atoms with Crippen molar-refractivity contribution in [2.45, 2.75) is 52.2 Å². The monoisotopic (exact) mass is 243 g/mol. The van der Waals surface area contributed by atoms with Crippen molar-refractivity contribution in [3.05, 3.63) is 0 Å². The number of likely N-dealkylation sites (N-methyl/N-ethyl adjacent to an activating group) is 1. The van der Waals surface area contributed by atoms with Crippen molar-refractivity contribution in [3.8, 4) is 0 Å². The van der Waals surface area contributed by atoms with Gasteiger partial charge >= 0.3 is 0 Å². The molecule has 0 aliphatic rings. The molecule has 0 aliphatic heterocycles. The molecular formula is C12H25N3O2. The van der Waals surface area contributed by atoms with Gasteiger partial charge in [-0.3, -0.25) is 14.9 Å². The Morgan fingerprint density at radius 2 is 1.53 bits per heavy atom. The van der Waals surface area contributed by atoms with Crippen LogP contribution in [0.3, 0.4) is 0 Å². The van der Waals surface area contributed by atoms with Crippen molar-refractivity contribution in [3.63, 3.8) is 0 Å². The van der Waals surface area contributed by atoms with Gasteiger partial charge in [-0.1, -0.05) is 0 Å². The van der Waals surface area contributed by atoms with Gasteiger partial charge in [0, 0.05) is 19.6 Å². The quantitative estimate of drug-likeness (QED) is 0.749. The molecule has 0 saturated heterocycles. The number of hydrogen-bond donors (Lipinski definition) is 2. The largest absolute Gasteiger partial charge is 0.350 e. The summed E-state index contributed by atoms with van der Waals surface area (Å²) in [6.45, 7) is 9.27. The van der Waals surface area contributed by atoms with E-state index in [0.29, 0.717) is 0 Å². The summed E-state index contributed by atoms with van der Waals surface area (Å²) in [5, 5.41) is 5.85. The second kappa shape index (κ2) is 6.00. The summed E-state index contributed by atoms with van der Waals surface area (Å²) in [6, 6.07) is -0.765. The van der Waals surface area contributed by atoms with Crippen LogP contribution in [0.5, 0.6) is 0 Å². The SMILES string of the molecule is CC(NC(C)C(=O)N(C)C)C(=O)NC(C)(C)C. The molecule has 17 heavy (non-hydrogen) atoms. The van der Waals surface area contributed by atoms with Crippen molar-refractivity contribution >= 4 is 11.8 Å². The molecule has 100 valence electrons. The van der Waals surface area contributed by atoms with E-state index >= 15 is 0 Å². The molecule has 0 aliphatic carbocycles. The smallest absolute Gasteiger partial charge is 0.238 e. The van der Waals surface area contributed by atoms with Gasteiger partial charge in [0.05, 0.1) is 12.1 Å². The average Bonchev–Trinajstić information content (AvgIpc) is 2.13. The molecule has 0 aromatic carbocycles. The van der Waals surface area contributed by atoms with E-state index in [2.05, 4.69) is 10.6 Å². The fraction of sp³-hybridized carbons (Fsp3) is 0.833. The zero-order valence-electron chi connectivity index (χ0n) is 11.9. The van der Waals surface area contributed by atoms with Crippen LogP contribution in [0.15, 0.2) is 0 Å². The first kappa shape index (κ1) is 15.9. The summed E-state index contributed by atoms with van der Waals surface area (Å²) >= 11 is 0. The third-order valence-electron chi connectivity index (χ3n) is 2.20. The second-order valence-corrected chi connectivity index (χ2v) is 5.58. The third-order valence-corrected chi connectivity index (χ3v) is 2.20. The maximum atomic E-state index is 11.8. The van der Waals surface area contributed by atoms with E-state index in [1.807, 2.05) is 20.8 Å². The highest BCUT2D eigenvalue weighted by atomic mass is 16.2. The minimum atomic E-state index is -0.395. The lowest BCUT2D eigenvalue weighted by Gasteiger charge is -2.26. The summed E-state index contributed by atoms with van der Waals surface area (Å²) in [4.78, 5) is 24.9. The zero-order chi connectivity index (χ0) is 13.8. The van der Waals surface area contributed by atoms with Crippen molar-refractivity contribution in [1.29, 1.82) is 0 Å². The third kappa shape index (κ3) is 6.26. The molecule has 0 spiro atoms. The van der Waals surface area contributed by atoms with Crippen LogP contribution in [-0.4, -0.2) is 48.4 Å². The van der Waals surface area contributed by atoms with E-state index in [1.165, 1.54) is 4.90 Å². The number of amides is 2. The van der Waals surface area contributed by atoms with Gasteiger partial charge in [-0.15, -0.1) is 0 Å². The standard InChI is InChI=1S/C12H25N3O2/c1-8(10(16)14-12(3,4)5)13-9(2)11(17)15(6)7/h8-9,13H,1-7H3,(H,14,16). The summed E-state index contributed by atoms with van der Waals surface area (Å²) < 4.78 is 0. The first-order chi connectivity index (χ1) is 7.54. The molecule has 0 aromatic heterocycles. The minimum absolute atomic E-state index is 0.0413. The van der Waals surface area contributed by atoms with Crippen LogP contribution in [0.4, 0.5) is 0 Å². The van der Waals surface area contributed by atoms with Crippen molar-refractivity contribution < 1.29 is 9.59 Å². The van der Waals surface area contributed by atoms with Crippen molar-refractivity contribution in [2.75, 3.05) is 14.1 Å². The molecule has 2 unspecified atom stereocenters.